The molecule has 1 aromatic carbocycles. The smallest absolute Gasteiger partial charge is 0.328 e. The van der Waals surface area contributed by atoms with E-state index < -0.39 is 6.04 Å². The van der Waals surface area contributed by atoms with Crippen LogP contribution in [0.1, 0.15) is 6.42 Å². The van der Waals surface area contributed by atoms with E-state index in [4.69, 9.17) is 10.5 Å². The normalized spacial score (nSPS) is 11.9. The van der Waals surface area contributed by atoms with Crippen molar-refractivity contribution in [3.63, 3.8) is 0 Å². The second kappa shape index (κ2) is 6.50. The minimum atomic E-state index is -0.392. The van der Waals surface area contributed by atoms with Gasteiger partial charge in [-0.3, -0.25) is 0 Å². The molecule has 0 aliphatic heterocycles. The standard InChI is InChI=1S/C11H15BrN2O2/c1-16-11(15)10(6-7-13)14-9-4-2-8(12)3-5-9/h2-5,10,14H,6-7,13H2,1H3/t10-/m0/s1. The van der Waals surface area contributed by atoms with Gasteiger partial charge in [0.05, 0.1) is 7.11 Å². The van der Waals surface area contributed by atoms with Gasteiger partial charge in [-0.05, 0) is 37.2 Å². The van der Waals surface area contributed by atoms with Crippen molar-refractivity contribution in [2.45, 2.75) is 12.5 Å². The van der Waals surface area contributed by atoms with Crippen LogP contribution in [0, 0.1) is 0 Å². The van der Waals surface area contributed by atoms with Crippen LogP contribution in [0.3, 0.4) is 0 Å². The lowest BCUT2D eigenvalue weighted by molar-refractivity contribution is -0.141. The number of carbonyl (C=O) groups is 1. The Labute approximate surface area is 103 Å². The van der Waals surface area contributed by atoms with E-state index in [-0.39, 0.29) is 5.97 Å². The third-order valence-corrected chi connectivity index (χ3v) is 2.65. The van der Waals surface area contributed by atoms with Gasteiger partial charge in [-0.15, -0.1) is 0 Å². The third-order valence-electron chi connectivity index (χ3n) is 2.13. The summed E-state index contributed by atoms with van der Waals surface area (Å²) in [6.07, 6.45) is 0.544. The summed E-state index contributed by atoms with van der Waals surface area (Å²) in [7, 11) is 1.37. The number of anilines is 1. The first kappa shape index (κ1) is 13.0. The lowest BCUT2D eigenvalue weighted by Gasteiger charge is -2.16. The molecule has 0 heterocycles. The van der Waals surface area contributed by atoms with Gasteiger partial charge in [-0.25, -0.2) is 4.79 Å². The number of halogens is 1. The number of ether oxygens (including phenoxy) is 1. The number of methoxy groups -OCH3 is 1. The summed E-state index contributed by atoms with van der Waals surface area (Å²) in [5, 5.41) is 3.08. The molecule has 5 heteroatoms. The molecule has 0 fully saturated rings. The van der Waals surface area contributed by atoms with Crippen molar-refractivity contribution in [3.8, 4) is 0 Å². The maximum atomic E-state index is 11.4. The van der Waals surface area contributed by atoms with Gasteiger partial charge in [0.1, 0.15) is 6.04 Å². The Hall–Kier alpha value is -1.07. The van der Waals surface area contributed by atoms with E-state index >= 15 is 0 Å². The van der Waals surface area contributed by atoms with E-state index in [0.29, 0.717) is 13.0 Å². The number of rotatable bonds is 5. The molecule has 0 aliphatic carbocycles. The highest BCUT2D eigenvalue weighted by molar-refractivity contribution is 9.10. The Balaban J connectivity index is 2.67. The van der Waals surface area contributed by atoms with Crippen LogP contribution in [0.4, 0.5) is 5.69 Å². The molecule has 0 unspecified atom stereocenters. The lowest BCUT2D eigenvalue weighted by atomic mass is 10.2. The van der Waals surface area contributed by atoms with Crippen LogP contribution >= 0.6 is 15.9 Å². The maximum absolute atomic E-state index is 11.4. The Morgan fingerprint density at radius 3 is 2.62 bits per heavy atom. The van der Waals surface area contributed by atoms with E-state index in [2.05, 4.69) is 21.2 Å². The van der Waals surface area contributed by atoms with Crippen LogP contribution in [-0.2, 0) is 9.53 Å². The fraction of sp³-hybridized carbons (Fsp3) is 0.364. The number of hydrogen-bond donors (Lipinski definition) is 2. The summed E-state index contributed by atoms with van der Waals surface area (Å²) < 4.78 is 5.69. The van der Waals surface area contributed by atoms with E-state index in [1.807, 2.05) is 24.3 Å². The topological polar surface area (TPSA) is 64.3 Å². The average Bonchev–Trinajstić information content (AvgIpc) is 2.30. The molecular weight excluding hydrogens is 272 g/mol. The second-order valence-corrected chi connectivity index (χ2v) is 4.22. The molecule has 1 rings (SSSR count). The van der Waals surface area contributed by atoms with Gasteiger partial charge < -0.3 is 15.8 Å². The van der Waals surface area contributed by atoms with E-state index in [0.717, 1.165) is 10.2 Å². The maximum Gasteiger partial charge on any atom is 0.328 e. The average molecular weight is 287 g/mol. The second-order valence-electron chi connectivity index (χ2n) is 3.30. The van der Waals surface area contributed by atoms with Gasteiger partial charge in [0.15, 0.2) is 0 Å². The quantitative estimate of drug-likeness (QED) is 0.810. The van der Waals surface area contributed by atoms with Crippen molar-refractivity contribution < 1.29 is 9.53 Å². The molecule has 3 N–H and O–H groups in total. The fourth-order valence-electron chi connectivity index (χ4n) is 1.31. The first-order valence-electron chi connectivity index (χ1n) is 4.97. The number of nitrogens with one attached hydrogen (secondary N) is 1. The summed E-state index contributed by atoms with van der Waals surface area (Å²) in [5.74, 6) is -0.298. The van der Waals surface area contributed by atoms with Gasteiger partial charge in [0, 0.05) is 10.2 Å². The highest BCUT2D eigenvalue weighted by Gasteiger charge is 2.17. The Morgan fingerprint density at radius 1 is 1.50 bits per heavy atom. The van der Waals surface area contributed by atoms with Gasteiger partial charge >= 0.3 is 5.97 Å². The van der Waals surface area contributed by atoms with Crippen LogP contribution in [-0.4, -0.2) is 25.7 Å². The van der Waals surface area contributed by atoms with Crippen molar-refractivity contribution in [2.24, 2.45) is 5.73 Å². The zero-order chi connectivity index (χ0) is 12.0. The molecule has 88 valence electrons. The number of nitrogens with two attached hydrogens (primary N) is 1. The van der Waals surface area contributed by atoms with Crippen molar-refractivity contribution in [1.82, 2.24) is 0 Å². The van der Waals surface area contributed by atoms with Gasteiger partial charge in [0.2, 0.25) is 0 Å². The molecule has 1 atom stereocenters. The molecule has 16 heavy (non-hydrogen) atoms. The fourth-order valence-corrected chi connectivity index (χ4v) is 1.57. The van der Waals surface area contributed by atoms with Crippen LogP contribution in [0.5, 0.6) is 0 Å². The Kier molecular flexibility index (Phi) is 5.28. The molecule has 0 saturated heterocycles. The molecule has 4 nitrogen and oxygen atoms in total. The predicted molar refractivity (Wildman–Crippen MR) is 67.2 cm³/mol. The third kappa shape index (κ3) is 3.83. The zero-order valence-corrected chi connectivity index (χ0v) is 10.7. The van der Waals surface area contributed by atoms with E-state index in [1.165, 1.54) is 7.11 Å². The highest BCUT2D eigenvalue weighted by Crippen LogP contribution is 2.15. The summed E-state index contributed by atoms with van der Waals surface area (Å²) >= 11 is 3.35. The molecule has 0 saturated carbocycles. The number of benzene rings is 1. The molecular formula is C11H15BrN2O2. The predicted octanol–water partition coefficient (Wildman–Crippen LogP) is 1.75. The SMILES string of the molecule is COC(=O)[C@H](CCN)Nc1ccc(Br)cc1. The molecule has 0 aromatic heterocycles. The number of esters is 1. The van der Waals surface area contributed by atoms with Crippen LogP contribution in [0.15, 0.2) is 28.7 Å². The van der Waals surface area contributed by atoms with Gasteiger partial charge in [-0.1, -0.05) is 15.9 Å². The van der Waals surface area contributed by atoms with Crippen molar-refractivity contribution in [2.75, 3.05) is 19.0 Å². The Morgan fingerprint density at radius 2 is 2.12 bits per heavy atom. The molecule has 1 aromatic rings. The Bertz CT molecular complexity index is 340. The highest BCUT2D eigenvalue weighted by atomic mass is 79.9. The van der Waals surface area contributed by atoms with Crippen molar-refractivity contribution >= 4 is 27.6 Å². The van der Waals surface area contributed by atoms with Gasteiger partial charge in [-0.2, -0.15) is 0 Å². The zero-order valence-electron chi connectivity index (χ0n) is 9.07. The molecule has 0 bridgehead atoms. The number of hydrogen-bond acceptors (Lipinski definition) is 4. The molecule has 0 spiro atoms. The van der Waals surface area contributed by atoms with Crippen LogP contribution < -0.4 is 11.1 Å². The first-order valence-corrected chi connectivity index (χ1v) is 5.76. The largest absolute Gasteiger partial charge is 0.467 e. The van der Waals surface area contributed by atoms with Crippen LogP contribution in [0.25, 0.3) is 0 Å². The minimum Gasteiger partial charge on any atom is -0.467 e. The first-order chi connectivity index (χ1) is 7.67. The summed E-state index contributed by atoms with van der Waals surface area (Å²) in [6.45, 7) is 0.434. The van der Waals surface area contributed by atoms with E-state index in [9.17, 15) is 4.79 Å². The monoisotopic (exact) mass is 286 g/mol. The van der Waals surface area contributed by atoms with Gasteiger partial charge in [0.25, 0.3) is 0 Å². The summed E-state index contributed by atoms with van der Waals surface area (Å²) in [5.41, 5.74) is 6.31. The lowest BCUT2D eigenvalue weighted by Crippen LogP contribution is -2.32. The van der Waals surface area contributed by atoms with E-state index in [1.54, 1.807) is 0 Å². The van der Waals surface area contributed by atoms with Crippen molar-refractivity contribution in [1.29, 1.82) is 0 Å². The summed E-state index contributed by atoms with van der Waals surface area (Å²) in [6, 6.07) is 7.18. The van der Waals surface area contributed by atoms with Crippen molar-refractivity contribution in [3.05, 3.63) is 28.7 Å². The van der Waals surface area contributed by atoms with Crippen LogP contribution in [0.2, 0.25) is 0 Å². The minimum absolute atomic E-state index is 0.298. The molecule has 0 amide bonds. The number of carbonyl (C=O) groups excluding carboxylic acids is 1. The molecule has 0 radical (unpaired) electrons. The summed E-state index contributed by atoms with van der Waals surface area (Å²) in [4.78, 5) is 11.4. The molecule has 0 aliphatic rings.